The van der Waals surface area contributed by atoms with Gasteiger partial charge in [-0.3, -0.25) is 4.98 Å². The highest BCUT2D eigenvalue weighted by molar-refractivity contribution is 7.89. The number of rotatable bonds is 3. The van der Waals surface area contributed by atoms with Crippen molar-refractivity contribution >= 4 is 15.7 Å². The molecule has 4 rings (SSSR count). The van der Waals surface area contributed by atoms with Gasteiger partial charge in [0.25, 0.3) is 0 Å². The largest absolute Gasteiger partial charge is 0.365 e. The lowest BCUT2D eigenvalue weighted by Crippen LogP contribution is -2.62. The molecule has 0 amide bonds. The molecule has 1 fully saturated rings. The standard InChI is InChI=1S/C18H22N4O2S/c23-25(24)17-7-2-1-6-16(17)20-18(21-25)9-13-22(14-10-18)12-8-15-5-3-4-11-19-15/h1-7,11,20-21H,8-10,12-14H2. The monoisotopic (exact) mass is 358 g/mol. The SMILES string of the molecule is O=S1(=O)NC2(CCN(CCc3ccccn3)CC2)Nc2ccccc21. The van der Waals surface area contributed by atoms with Crippen molar-refractivity contribution in [1.29, 1.82) is 0 Å². The summed E-state index contributed by atoms with van der Waals surface area (Å²) in [6, 6.07) is 13.1. The topological polar surface area (TPSA) is 74.3 Å². The number of nitrogens with one attached hydrogen (secondary N) is 2. The Kier molecular flexibility index (Phi) is 4.23. The Morgan fingerprint density at radius 3 is 2.60 bits per heavy atom. The maximum atomic E-state index is 12.6. The third kappa shape index (κ3) is 3.40. The Morgan fingerprint density at radius 2 is 1.84 bits per heavy atom. The number of aromatic nitrogens is 1. The van der Waals surface area contributed by atoms with E-state index in [2.05, 4.69) is 19.9 Å². The van der Waals surface area contributed by atoms with Crippen LogP contribution in [0, 0.1) is 0 Å². The van der Waals surface area contributed by atoms with E-state index < -0.39 is 15.7 Å². The number of pyridine rings is 1. The minimum absolute atomic E-state index is 0.332. The van der Waals surface area contributed by atoms with Gasteiger partial charge >= 0.3 is 0 Å². The van der Waals surface area contributed by atoms with Crippen LogP contribution < -0.4 is 10.0 Å². The number of hydrogen-bond donors (Lipinski definition) is 2. The van der Waals surface area contributed by atoms with Crippen molar-refractivity contribution in [2.24, 2.45) is 0 Å². The Morgan fingerprint density at radius 1 is 1.08 bits per heavy atom. The molecule has 132 valence electrons. The van der Waals surface area contributed by atoms with Crippen molar-refractivity contribution in [3.05, 3.63) is 54.4 Å². The first-order valence-corrected chi connectivity index (χ1v) is 10.1. The van der Waals surface area contributed by atoms with E-state index in [-0.39, 0.29) is 0 Å². The van der Waals surface area contributed by atoms with E-state index in [1.807, 2.05) is 36.5 Å². The number of para-hydroxylation sites is 1. The van der Waals surface area contributed by atoms with E-state index in [1.165, 1.54) is 0 Å². The summed E-state index contributed by atoms with van der Waals surface area (Å²) in [4.78, 5) is 7.06. The second-order valence-corrected chi connectivity index (χ2v) is 8.37. The number of fused-ring (bicyclic) bond motifs is 1. The Labute approximate surface area is 148 Å². The van der Waals surface area contributed by atoms with Crippen LogP contribution in [-0.4, -0.2) is 43.6 Å². The zero-order valence-electron chi connectivity index (χ0n) is 14.0. The molecular formula is C18H22N4O2S. The summed E-state index contributed by atoms with van der Waals surface area (Å²) in [7, 11) is -3.46. The molecule has 6 nitrogen and oxygen atoms in total. The summed E-state index contributed by atoms with van der Waals surface area (Å²) in [5.41, 5.74) is 1.21. The van der Waals surface area contributed by atoms with E-state index in [9.17, 15) is 8.42 Å². The number of likely N-dealkylation sites (tertiary alicyclic amines) is 1. The molecule has 25 heavy (non-hydrogen) atoms. The van der Waals surface area contributed by atoms with E-state index >= 15 is 0 Å². The van der Waals surface area contributed by atoms with Crippen molar-refractivity contribution in [1.82, 2.24) is 14.6 Å². The van der Waals surface area contributed by atoms with Crippen molar-refractivity contribution in [2.45, 2.75) is 29.8 Å². The molecule has 3 heterocycles. The lowest BCUT2D eigenvalue weighted by molar-refractivity contribution is 0.166. The predicted molar refractivity (Wildman–Crippen MR) is 96.7 cm³/mol. The maximum Gasteiger partial charge on any atom is 0.244 e. The number of anilines is 1. The summed E-state index contributed by atoms with van der Waals surface area (Å²) in [6.07, 6.45) is 4.21. The van der Waals surface area contributed by atoms with Crippen LogP contribution in [0.25, 0.3) is 0 Å². The van der Waals surface area contributed by atoms with Gasteiger partial charge in [0.05, 0.1) is 5.69 Å². The zero-order valence-corrected chi connectivity index (χ0v) is 14.8. The Hall–Kier alpha value is -1.96. The lowest BCUT2D eigenvalue weighted by atomic mass is 9.97. The molecule has 1 spiro atoms. The summed E-state index contributed by atoms with van der Waals surface area (Å²) in [5, 5.41) is 3.43. The minimum Gasteiger partial charge on any atom is -0.365 e. The van der Waals surface area contributed by atoms with E-state index in [0.29, 0.717) is 10.6 Å². The number of benzene rings is 1. The first-order chi connectivity index (χ1) is 12.1. The minimum atomic E-state index is -3.46. The fourth-order valence-corrected chi connectivity index (χ4v) is 5.15. The fourth-order valence-electron chi connectivity index (χ4n) is 3.60. The van der Waals surface area contributed by atoms with Gasteiger partial charge in [0.2, 0.25) is 10.0 Å². The number of nitrogens with zero attached hydrogens (tertiary/aromatic N) is 2. The first-order valence-electron chi connectivity index (χ1n) is 8.60. The second-order valence-electron chi connectivity index (χ2n) is 6.72. The molecule has 0 radical (unpaired) electrons. The molecule has 1 saturated heterocycles. The highest BCUT2D eigenvalue weighted by Crippen LogP contribution is 2.34. The summed E-state index contributed by atoms with van der Waals surface area (Å²) >= 11 is 0. The molecule has 1 aromatic carbocycles. The van der Waals surface area contributed by atoms with Crippen LogP contribution in [-0.2, 0) is 16.4 Å². The Balaban J connectivity index is 1.42. The molecule has 2 aliphatic rings. The van der Waals surface area contributed by atoms with E-state index in [4.69, 9.17) is 0 Å². The average molecular weight is 358 g/mol. The van der Waals surface area contributed by atoms with Crippen molar-refractivity contribution < 1.29 is 8.42 Å². The van der Waals surface area contributed by atoms with Gasteiger partial charge in [-0.25, -0.2) is 8.42 Å². The zero-order chi connectivity index (χ0) is 17.3. The van der Waals surface area contributed by atoms with E-state index in [1.54, 1.807) is 12.1 Å². The van der Waals surface area contributed by atoms with Gasteiger partial charge in [-0.15, -0.1) is 0 Å². The van der Waals surface area contributed by atoms with Crippen LogP contribution in [0.5, 0.6) is 0 Å². The van der Waals surface area contributed by atoms with Gasteiger partial charge in [0.1, 0.15) is 10.6 Å². The van der Waals surface area contributed by atoms with Crippen LogP contribution in [0.4, 0.5) is 5.69 Å². The molecule has 0 unspecified atom stereocenters. The van der Waals surface area contributed by atoms with Gasteiger partial charge in [0, 0.05) is 37.9 Å². The van der Waals surface area contributed by atoms with Crippen LogP contribution in [0.2, 0.25) is 0 Å². The molecule has 0 saturated carbocycles. The smallest absolute Gasteiger partial charge is 0.244 e. The van der Waals surface area contributed by atoms with Gasteiger partial charge in [-0.2, -0.15) is 4.72 Å². The molecule has 2 N–H and O–H groups in total. The van der Waals surface area contributed by atoms with Crippen LogP contribution >= 0.6 is 0 Å². The van der Waals surface area contributed by atoms with Crippen LogP contribution in [0.1, 0.15) is 18.5 Å². The molecule has 0 atom stereocenters. The van der Waals surface area contributed by atoms with Gasteiger partial charge < -0.3 is 10.2 Å². The number of sulfonamides is 1. The quantitative estimate of drug-likeness (QED) is 0.875. The van der Waals surface area contributed by atoms with E-state index in [0.717, 1.165) is 44.6 Å². The highest BCUT2D eigenvalue weighted by Gasteiger charge is 2.42. The molecule has 0 bridgehead atoms. The molecular weight excluding hydrogens is 336 g/mol. The van der Waals surface area contributed by atoms with Gasteiger partial charge in [-0.1, -0.05) is 18.2 Å². The molecule has 2 aromatic rings. The van der Waals surface area contributed by atoms with Gasteiger partial charge in [0.15, 0.2) is 0 Å². The van der Waals surface area contributed by atoms with Crippen molar-refractivity contribution in [3.8, 4) is 0 Å². The van der Waals surface area contributed by atoms with Crippen LogP contribution in [0.3, 0.4) is 0 Å². The summed E-state index contributed by atoms with van der Waals surface area (Å²) < 4.78 is 28.0. The van der Waals surface area contributed by atoms with Gasteiger partial charge in [-0.05, 0) is 37.1 Å². The highest BCUT2D eigenvalue weighted by atomic mass is 32.2. The van der Waals surface area contributed by atoms with Crippen molar-refractivity contribution in [2.75, 3.05) is 25.0 Å². The summed E-state index contributed by atoms with van der Waals surface area (Å²) in [5.74, 6) is 0. The average Bonchev–Trinajstić information content (AvgIpc) is 2.62. The molecule has 2 aliphatic heterocycles. The normalized spacial score (nSPS) is 21.4. The predicted octanol–water partition coefficient (Wildman–Crippen LogP) is 1.82. The van der Waals surface area contributed by atoms with Crippen molar-refractivity contribution in [3.63, 3.8) is 0 Å². The van der Waals surface area contributed by atoms with Crippen LogP contribution in [0.15, 0.2) is 53.6 Å². The fraction of sp³-hybridized carbons (Fsp3) is 0.389. The first kappa shape index (κ1) is 16.5. The Bertz CT molecular complexity index is 846. The molecule has 1 aromatic heterocycles. The second kappa shape index (κ2) is 6.40. The summed E-state index contributed by atoms with van der Waals surface area (Å²) in [6.45, 7) is 2.64. The lowest BCUT2D eigenvalue weighted by Gasteiger charge is -2.45. The third-order valence-electron chi connectivity index (χ3n) is 5.00. The molecule has 7 heteroatoms. The number of hydrogen-bond acceptors (Lipinski definition) is 5. The molecule has 0 aliphatic carbocycles. The maximum absolute atomic E-state index is 12.6. The number of piperidine rings is 1. The third-order valence-corrected chi connectivity index (χ3v) is 6.59.